The zero-order valence-corrected chi connectivity index (χ0v) is 12.7. The smallest absolute Gasteiger partial charge is 0.336 e. The van der Waals surface area contributed by atoms with Crippen LogP contribution in [0.3, 0.4) is 0 Å². The van der Waals surface area contributed by atoms with Crippen LogP contribution >= 0.6 is 0 Å². The fourth-order valence-corrected chi connectivity index (χ4v) is 2.36. The number of methoxy groups -OCH3 is 1. The van der Waals surface area contributed by atoms with Gasteiger partial charge in [0, 0.05) is 13.0 Å². The second-order valence-electron chi connectivity index (χ2n) is 5.24. The van der Waals surface area contributed by atoms with Crippen LogP contribution < -0.4 is 0 Å². The Labute approximate surface area is 121 Å². The molecule has 0 spiro atoms. The van der Waals surface area contributed by atoms with Crippen LogP contribution in [-0.4, -0.2) is 49.7 Å². The Morgan fingerprint density at radius 1 is 1.20 bits per heavy atom. The van der Waals surface area contributed by atoms with E-state index in [9.17, 15) is 9.59 Å². The van der Waals surface area contributed by atoms with Gasteiger partial charge < -0.3 is 14.4 Å². The first-order chi connectivity index (χ1) is 9.69. The van der Waals surface area contributed by atoms with E-state index < -0.39 is 12.1 Å². The van der Waals surface area contributed by atoms with E-state index >= 15 is 0 Å². The minimum atomic E-state index is -0.623. The summed E-state index contributed by atoms with van der Waals surface area (Å²) in [4.78, 5) is 25.2. The molecule has 1 saturated heterocycles. The second-order valence-corrected chi connectivity index (χ2v) is 5.24. The molecular formula is C15H27NO4. The van der Waals surface area contributed by atoms with Crippen LogP contribution in [0.2, 0.25) is 0 Å². The van der Waals surface area contributed by atoms with Gasteiger partial charge in [-0.25, -0.2) is 4.79 Å². The molecule has 5 nitrogen and oxygen atoms in total. The van der Waals surface area contributed by atoms with Gasteiger partial charge in [-0.05, 0) is 6.42 Å². The molecule has 0 aliphatic carbocycles. The summed E-state index contributed by atoms with van der Waals surface area (Å²) in [6, 6.07) is 0. The number of unbranched alkanes of at least 4 members (excludes halogenated alkanes) is 5. The predicted octanol–water partition coefficient (Wildman–Crippen LogP) is 2.14. The van der Waals surface area contributed by atoms with Crippen molar-refractivity contribution in [1.29, 1.82) is 0 Å². The molecule has 116 valence electrons. The van der Waals surface area contributed by atoms with Gasteiger partial charge in [-0.1, -0.05) is 39.0 Å². The molecule has 1 fully saturated rings. The predicted molar refractivity (Wildman–Crippen MR) is 76.3 cm³/mol. The van der Waals surface area contributed by atoms with Crippen LogP contribution in [0.15, 0.2) is 0 Å². The van der Waals surface area contributed by atoms with Gasteiger partial charge in [0.25, 0.3) is 0 Å². The average Bonchev–Trinajstić information content (AvgIpc) is 2.49. The summed E-state index contributed by atoms with van der Waals surface area (Å²) in [5, 5.41) is 0. The van der Waals surface area contributed by atoms with Crippen LogP contribution in [0.5, 0.6) is 0 Å². The highest BCUT2D eigenvalue weighted by molar-refractivity contribution is 5.79. The Bertz CT molecular complexity index is 306. The molecule has 0 saturated carbocycles. The summed E-state index contributed by atoms with van der Waals surface area (Å²) >= 11 is 0. The minimum absolute atomic E-state index is 0.123. The third kappa shape index (κ3) is 5.90. The number of hydrogen-bond donors (Lipinski definition) is 0. The van der Waals surface area contributed by atoms with Crippen molar-refractivity contribution >= 4 is 11.9 Å². The molecule has 20 heavy (non-hydrogen) atoms. The number of ether oxygens (including phenoxy) is 2. The Hall–Kier alpha value is -1.10. The largest absolute Gasteiger partial charge is 0.467 e. The molecule has 1 aliphatic rings. The third-order valence-corrected chi connectivity index (χ3v) is 3.63. The second kappa shape index (κ2) is 9.75. The monoisotopic (exact) mass is 285 g/mol. The van der Waals surface area contributed by atoms with Gasteiger partial charge >= 0.3 is 5.97 Å². The summed E-state index contributed by atoms with van der Waals surface area (Å²) in [5.41, 5.74) is 0. The Morgan fingerprint density at radius 3 is 2.60 bits per heavy atom. The van der Waals surface area contributed by atoms with Crippen LogP contribution in [-0.2, 0) is 19.1 Å². The zero-order valence-electron chi connectivity index (χ0n) is 12.7. The van der Waals surface area contributed by atoms with Gasteiger partial charge in [-0.2, -0.15) is 0 Å². The SMILES string of the molecule is CCCCCCCCC(=O)N1CCOC(C(=O)OC)C1. The molecule has 1 rings (SSSR count). The maximum atomic E-state index is 12.1. The van der Waals surface area contributed by atoms with E-state index in [0.29, 0.717) is 26.1 Å². The van der Waals surface area contributed by atoms with E-state index in [-0.39, 0.29) is 5.91 Å². The normalized spacial score (nSPS) is 18.9. The maximum Gasteiger partial charge on any atom is 0.336 e. The van der Waals surface area contributed by atoms with Gasteiger partial charge in [0.15, 0.2) is 6.10 Å². The molecule has 0 bridgehead atoms. The molecule has 0 aromatic carbocycles. The van der Waals surface area contributed by atoms with Crippen molar-refractivity contribution in [3.8, 4) is 0 Å². The molecule has 1 unspecified atom stereocenters. The van der Waals surface area contributed by atoms with Crippen LogP contribution in [0.1, 0.15) is 51.9 Å². The van der Waals surface area contributed by atoms with E-state index in [2.05, 4.69) is 11.7 Å². The average molecular weight is 285 g/mol. The Kier molecular flexibility index (Phi) is 8.26. The van der Waals surface area contributed by atoms with Crippen molar-refractivity contribution in [1.82, 2.24) is 4.90 Å². The van der Waals surface area contributed by atoms with Crippen molar-refractivity contribution in [3.05, 3.63) is 0 Å². The lowest BCUT2D eigenvalue weighted by Crippen LogP contribution is -2.48. The first-order valence-electron chi connectivity index (χ1n) is 7.66. The van der Waals surface area contributed by atoms with Crippen molar-refractivity contribution < 1.29 is 19.1 Å². The van der Waals surface area contributed by atoms with E-state index in [1.807, 2.05) is 0 Å². The molecule has 5 heteroatoms. The van der Waals surface area contributed by atoms with E-state index in [1.54, 1.807) is 4.90 Å². The summed E-state index contributed by atoms with van der Waals surface area (Å²) in [5.74, 6) is -0.278. The van der Waals surface area contributed by atoms with Gasteiger partial charge in [0.2, 0.25) is 5.91 Å². The zero-order chi connectivity index (χ0) is 14.8. The molecule has 1 amide bonds. The number of hydrogen-bond acceptors (Lipinski definition) is 4. The van der Waals surface area contributed by atoms with Crippen molar-refractivity contribution in [3.63, 3.8) is 0 Å². The molecule has 1 atom stereocenters. The first kappa shape index (κ1) is 17.0. The molecule has 0 aromatic rings. The van der Waals surface area contributed by atoms with Crippen LogP contribution in [0, 0.1) is 0 Å². The fraction of sp³-hybridized carbons (Fsp3) is 0.867. The molecule has 0 N–H and O–H groups in total. The molecule has 1 heterocycles. The van der Waals surface area contributed by atoms with Crippen molar-refractivity contribution in [2.75, 3.05) is 26.8 Å². The number of morpholine rings is 1. The van der Waals surface area contributed by atoms with Gasteiger partial charge in [-0.15, -0.1) is 0 Å². The van der Waals surface area contributed by atoms with E-state index in [0.717, 1.165) is 12.8 Å². The highest BCUT2D eigenvalue weighted by atomic mass is 16.6. The summed E-state index contributed by atoms with van der Waals surface area (Å²) in [7, 11) is 1.34. The summed E-state index contributed by atoms with van der Waals surface area (Å²) in [6.45, 7) is 3.49. The lowest BCUT2D eigenvalue weighted by Gasteiger charge is -2.31. The van der Waals surface area contributed by atoms with Crippen molar-refractivity contribution in [2.24, 2.45) is 0 Å². The highest BCUT2D eigenvalue weighted by Gasteiger charge is 2.29. The Balaban J connectivity index is 2.20. The molecule has 0 aromatic heterocycles. The van der Waals surface area contributed by atoms with Gasteiger partial charge in [0.1, 0.15) is 0 Å². The lowest BCUT2D eigenvalue weighted by atomic mass is 10.1. The third-order valence-electron chi connectivity index (χ3n) is 3.63. The number of rotatable bonds is 8. The van der Waals surface area contributed by atoms with E-state index in [4.69, 9.17) is 4.74 Å². The molecular weight excluding hydrogens is 258 g/mol. The van der Waals surface area contributed by atoms with Crippen molar-refractivity contribution in [2.45, 2.75) is 58.0 Å². The number of amides is 1. The lowest BCUT2D eigenvalue weighted by molar-refractivity contribution is -0.162. The van der Waals surface area contributed by atoms with Gasteiger partial charge in [-0.3, -0.25) is 4.79 Å². The summed E-state index contributed by atoms with van der Waals surface area (Å²) in [6.07, 6.45) is 6.96. The maximum absolute atomic E-state index is 12.1. The number of nitrogens with zero attached hydrogens (tertiary/aromatic N) is 1. The standard InChI is InChI=1S/C15H27NO4/c1-3-4-5-6-7-8-9-14(17)16-10-11-20-13(12-16)15(18)19-2/h13H,3-12H2,1-2H3. The van der Waals surface area contributed by atoms with E-state index in [1.165, 1.54) is 32.8 Å². The van der Waals surface area contributed by atoms with Gasteiger partial charge in [0.05, 0.1) is 20.3 Å². The Morgan fingerprint density at radius 2 is 1.90 bits per heavy atom. The highest BCUT2D eigenvalue weighted by Crippen LogP contribution is 2.12. The fourth-order valence-electron chi connectivity index (χ4n) is 2.36. The minimum Gasteiger partial charge on any atom is -0.467 e. The van der Waals surface area contributed by atoms with Crippen LogP contribution in [0.25, 0.3) is 0 Å². The van der Waals surface area contributed by atoms with Crippen LogP contribution in [0.4, 0.5) is 0 Å². The molecule has 1 aliphatic heterocycles. The first-order valence-corrected chi connectivity index (χ1v) is 7.66. The molecule has 0 radical (unpaired) electrons. The quantitative estimate of drug-likeness (QED) is 0.506. The number of carbonyl (C=O) groups is 2. The summed E-state index contributed by atoms with van der Waals surface area (Å²) < 4.78 is 9.96. The topological polar surface area (TPSA) is 55.8 Å². The number of esters is 1. The number of carbonyl (C=O) groups excluding carboxylic acids is 2.